The lowest BCUT2D eigenvalue weighted by Crippen LogP contribution is -2.64. The number of benzene rings is 3. The van der Waals surface area contributed by atoms with E-state index in [1.807, 2.05) is 105 Å². The van der Waals surface area contributed by atoms with Crippen molar-refractivity contribution in [3.05, 3.63) is 108 Å². The Morgan fingerprint density at radius 1 is 0.558 bits per heavy atom. The summed E-state index contributed by atoms with van der Waals surface area (Å²) in [7, 11) is 1.48. The summed E-state index contributed by atoms with van der Waals surface area (Å²) < 4.78 is 43.2. The van der Waals surface area contributed by atoms with Gasteiger partial charge in [-0.3, -0.25) is 0 Å². The van der Waals surface area contributed by atoms with E-state index in [9.17, 15) is 10.2 Å². The number of hydrogen-bond donors (Lipinski definition) is 2. The third kappa shape index (κ3) is 8.07. The van der Waals surface area contributed by atoms with Crippen LogP contribution >= 0.6 is 0 Å². The Labute approximate surface area is 253 Å². The van der Waals surface area contributed by atoms with E-state index >= 15 is 0 Å². The predicted molar refractivity (Wildman–Crippen MR) is 158 cm³/mol. The molecule has 2 saturated heterocycles. The Kier molecular flexibility index (Phi) is 11.3. The third-order valence-electron chi connectivity index (χ3n) is 7.92. The Morgan fingerprint density at radius 3 is 1.49 bits per heavy atom. The SMILES string of the molecule is CO[C@@H]1[C@H](O[C@@H]2O[C@@H](C)[C@H](OCc3ccccc3)[C@@H](O)[C@H]2OCc2ccccc2)[C@@H](OCc2ccccc2)[C@H](C)O[C@H]1O. The number of methoxy groups -OCH3 is 1. The van der Waals surface area contributed by atoms with E-state index in [-0.39, 0.29) is 6.61 Å². The van der Waals surface area contributed by atoms with Crippen molar-refractivity contribution in [3.63, 3.8) is 0 Å². The largest absolute Gasteiger partial charge is 0.387 e. The zero-order valence-corrected chi connectivity index (χ0v) is 24.8. The van der Waals surface area contributed by atoms with Gasteiger partial charge in [-0.25, -0.2) is 0 Å². The highest BCUT2D eigenvalue weighted by Gasteiger charge is 2.51. The standard InChI is InChI=1S/C34H42O9/c1-22-28(38-19-24-13-7-4-8-14-24)27(35)30(40-21-26-17-11-6-12-18-26)34(42-22)43-31-29(23(2)41-33(36)32(31)37-3)39-20-25-15-9-5-10-16-25/h4-18,22-23,27-36H,19-21H2,1-3H3/t22-,23-,27+,28-,29-,30+,31+,32+,33+,34-/m0/s1. The van der Waals surface area contributed by atoms with E-state index in [0.717, 1.165) is 16.7 Å². The molecule has 43 heavy (non-hydrogen) atoms. The Balaban J connectivity index is 1.36. The Hall–Kier alpha value is -2.70. The highest BCUT2D eigenvalue weighted by Crippen LogP contribution is 2.33. The van der Waals surface area contributed by atoms with E-state index in [1.54, 1.807) is 0 Å². The maximum absolute atomic E-state index is 11.7. The second kappa shape index (κ2) is 15.3. The van der Waals surface area contributed by atoms with Crippen LogP contribution in [0.2, 0.25) is 0 Å². The zero-order valence-electron chi connectivity index (χ0n) is 24.8. The van der Waals surface area contributed by atoms with Crippen LogP contribution in [0.25, 0.3) is 0 Å². The molecule has 0 bridgehead atoms. The van der Waals surface area contributed by atoms with Crippen molar-refractivity contribution in [2.24, 2.45) is 0 Å². The molecule has 9 heteroatoms. The first kappa shape index (κ1) is 31.7. The lowest BCUT2D eigenvalue weighted by atomic mass is 9.97. The normalized spacial score (nSPS) is 32.9. The maximum Gasteiger partial charge on any atom is 0.187 e. The number of hydrogen-bond acceptors (Lipinski definition) is 9. The van der Waals surface area contributed by atoms with Crippen molar-refractivity contribution in [2.45, 2.75) is 95.1 Å². The van der Waals surface area contributed by atoms with Crippen molar-refractivity contribution >= 4 is 0 Å². The summed E-state index contributed by atoms with van der Waals surface area (Å²) in [5, 5.41) is 22.4. The predicted octanol–water partition coefficient (Wildman–Crippen LogP) is 3.99. The molecule has 0 aromatic heterocycles. The van der Waals surface area contributed by atoms with Gasteiger partial charge in [-0.1, -0.05) is 91.0 Å². The molecule has 2 heterocycles. The topological polar surface area (TPSA) is 105 Å². The minimum atomic E-state index is -1.25. The molecule has 10 atom stereocenters. The van der Waals surface area contributed by atoms with Crippen molar-refractivity contribution in [1.29, 1.82) is 0 Å². The summed E-state index contributed by atoms with van der Waals surface area (Å²) in [6.45, 7) is 4.48. The van der Waals surface area contributed by atoms with Crippen LogP contribution in [0, 0.1) is 0 Å². The van der Waals surface area contributed by atoms with Crippen LogP contribution in [0.1, 0.15) is 30.5 Å². The molecule has 0 spiro atoms. The Bertz CT molecular complexity index is 1210. The lowest BCUT2D eigenvalue weighted by molar-refractivity contribution is -0.363. The van der Waals surface area contributed by atoms with Gasteiger partial charge in [-0.15, -0.1) is 0 Å². The molecule has 2 N–H and O–H groups in total. The fraction of sp³-hybridized carbons (Fsp3) is 0.471. The molecule has 5 rings (SSSR count). The van der Waals surface area contributed by atoms with E-state index in [0.29, 0.717) is 13.2 Å². The highest BCUT2D eigenvalue weighted by atomic mass is 16.7. The first-order valence-electron chi connectivity index (χ1n) is 14.8. The van der Waals surface area contributed by atoms with Crippen LogP contribution in [0.5, 0.6) is 0 Å². The van der Waals surface area contributed by atoms with E-state index in [2.05, 4.69) is 0 Å². The molecule has 2 fully saturated rings. The van der Waals surface area contributed by atoms with Crippen LogP contribution in [0.4, 0.5) is 0 Å². The molecular formula is C34H42O9. The average molecular weight is 595 g/mol. The molecule has 3 aromatic carbocycles. The van der Waals surface area contributed by atoms with E-state index in [4.69, 9.17) is 33.2 Å². The van der Waals surface area contributed by atoms with Gasteiger partial charge in [-0.05, 0) is 30.5 Å². The Morgan fingerprint density at radius 2 is 1.00 bits per heavy atom. The van der Waals surface area contributed by atoms with Gasteiger partial charge in [0.1, 0.15) is 36.6 Å². The van der Waals surface area contributed by atoms with Crippen molar-refractivity contribution in [2.75, 3.05) is 7.11 Å². The van der Waals surface area contributed by atoms with Crippen molar-refractivity contribution in [1.82, 2.24) is 0 Å². The fourth-order valence-corrected chi connectivity index (χ4v) is 5.59. The van der Waals surface area contributed by atoms with E-state index < -0.39 is 61.4 Å². The summed E-state index contributed by atoms with van der Waals surface area (Å²) >= 11 is 0. The fourth-order valence-electron chi connectivity index (χ4n) is 5.59. The summed E-state index contributed by atoms with van der Waals surface area (Å²) in [4.78, 5) is 0. The van der Waals surface area contributed by atoms with Gasteiger partial charge < -0.3 is 43.4 Å². The molecule has 0 saturated carbocycles. The second-order valence-corrected chi connectivity index (χ2v) is 11.0. The van der Waals surface area contributed by atoms with Gasteiger partial charge in [-0.2, -0.15) is 0 Å². The lowest BCUT2D eigenvalue weighted by Gasteiger charge is -2.48. The zero-order chi connectivity index (χ0) is 30.2. The molecule has 9 nitrogen and oxygen atoms in total. The minimum Gasteiger partial charge on any atom is -0.387 e. The summed E-state index contributed by atoms with van der Waals surface area (Å²) in [5.74, 6) is 0. The van der Waals surface area contributed by atoms with E-state index in [1.165, 1.54) is 7.11 Å². The smallest absolute Gasteiger partial charge is 0.187 e. The third-order valence-corrected chi connectivity index (χ3v) is 7.92. The summed E-state index contributed by atoms with van der Waals surface area (Å²) in [6.07, 6.45) is -8.30. The summed E-state index contributed by atoms with van der Waals surface area (Å²) in [5.41, 5.74) is 2.89. The number of ether oxygens (including phenoxy) is 7. The number of aliphatic hydroxyl groups excluding tert-OH is 2. The van der Waals surface area contributed by atoms with Gasteiger partial charge in [0.25, 0.3) is 0 Å². The first-order valence-corrected chi connectivity index (χ1v) is 14.8. The molecule has 0 aliphatic carbocycles. The van der Waals surface area contributed by atoms with Crippen LogP contribution in [0.3, 0.4) is 0 Å². The van der Waals surface area contributed by atoms with Crippen LogP contribution in [0.15, 0.2) is 91.0 Å². The van der Waals surface area contributed by atoms with Crippen molar-refractivity contribution in [3.8, 4) is 0 Å². The van der Waals surface area contributed by atoms with Crippen LogP contribution in [-0.2, 0) is 53.0 Å². The molecule has 0 amide bonds. The van der Waals surface area contributed by atoms with Gasteiger partial charge in [0.2, 0.25) is 0 Å². The van der Waals surface area contributed by atoms with Gasteiger partial charge in [0.15, 0.2) is 12.6 Å². The van der Waals surface area contributed by atoms with Crippen molar-refractivity contribution < 1.29 is 43.4 Å². The second-order valence-electron chi connectivity index (χ2n) is 11.0. The highest BCUT2D eigenvalue weighted by molar-refractivity contribution is 5.15. The monoisotopic (exact) mass is 594 g/mol. The number of rotatable bonds is 12. The first-order chi connectivity index (χ1) is 20.9. The molecule has 0 unspecified atom stereocenters. The molecule has 232 valence electrons. The quantitative estimate of drug-likeness (QED) is 0.322. The van der Waals surface area contributed by atoms with Gasteiger partial charge in [0.05, 0.1) is 32.0 Å². The molecule has 3 aromatic rings. The van der Waals surface area contributed by atoms with Gasteiger partial charge in [0, 0.05) is 7.11 Å². The summed E-state index contributed by atoms with van der Waals surface area (Å²) in [6, 6.07) is 29.2. The maximum atomic E-state index is 11.7. The van der Waals surface area contributed by atoms with Crippen LogP contribution in [-0.4, -0.2) is 78.7 Å². The minimum absolute atomic E-state index is 0.222. The molecule has 2 aliphatic rings. The van der Waals surface area contributed by atoms with Crippen LogP contribution < -0.4 is 0 Å². The molecule has 0 radical (unpaired) electrons. The van der Waals surface area contributed by atoms with Gasteiger partial charge >= 0.3 is 0 Å². The average Bonchev–Trinajstić information content (AvgIpc) is 3.02. The molecule has 2 aliphatic heterocycles. The molecular weight excluding hydrogens is 552 g/mol. The number of aliphatic hydroxyl groups is 2.